The van der Waals surface area contributed by atoms with E-state index in [4.69, 9.17) is 0 Å². The number of aryl methyl sites for hydroxylation is 1. The molecule has 19 heavy (non-hydrogen) atoms. The van der Waals surface area contributed by atoms with Crippen molar-refractivity contribution < 1.29 is 4.79 Å². The fourth-order valence-corrected chi connectivity index (χ4v) is 1.99. The van der Waals surface area contributed by atoms with Crippen LogP contribution in [0, 0.1) is 12.8 Å². The summed E-state index contributed by atoms with van der Waals surface area (Å²) in [6.45, 7) is 9.76. The molecule has 2 N–H and O–H groups in total. The predicted molar refractivity (Wildman–Crippen MR) is 79.5 cm³/mol. The summed E-state index contributed by atoms with van der Waals surface area (Å²) in [7, 11) is 0. The van der Waals surface area contributed by atoms with E-state index in [1.807, 2.05) is 19.9 Å². The van der Waals surface area contributed by atoms with Gasteiger partial charge in [-0.25, -0.2) is 0 Å². The number of carbonyl (C=O) groups excluding carboxylic acids is 1. The standard InChI is InChI=1S/C15H25N3O/c1-5-12(6-2)9-18-15(19)13-10-17-11(4)8-14(13)16-7-3/h8,10,12H,5-7,9H2,1-4H3,(H,16,17)(H,18,19). The summed E-state index contributed by atoms with van der Waals surface area (Å²) in [6, 6.07) is 1.91. The smallest absolute Gasteiger partial charge is 0.254 e. The molecule has 1 aromatic heterocycles. The average molecular weight is 263 g/mol. The van der Waals surface area contributed by atoms with Crippen molar-refractivity contribution in [1.82, 2.24) is 10.3 Å². The van der Waals surface area contributed by atoms with Crippen LogP contribution in [0.2, 0.25) is 0 Å². The third-order valence-corrected chi connectivity index (χ3v) is 3.36. The highest BCUT2D eigenvalue weighted by atomic mass is 16.1. The molecular formula is C15H25N3O. The van der Waals surface area contributed by atoms with Gasteiger partial charge in [-0.1, -0.05) is 26.7 Å². The lowest BCUT2D eigenvalue weighted by Gasteiger charge is -2.15. The van der Waals surface area contributed by atoms with Crippen molar-refractivity contribution in [1.29, 1.82) is 0 Å². The second-order valence-electron chi connectivity index (χ2n) is 4.79. The largest absolute Gasteiger partial charge is 0.385 e. The average Bonchev–Trinajstić information content (AvgIpc) is 2.40. The zero-order valence-corrected chi connectivity index (χ0v) is 12.4. The van der Waals surface area contributed by atoms with Crippen LogP contribution in [0.1, 0.15) is 49.7 Å². The van der Waals surface area contributed by atoms with E-state index < -0.39 is 0 Å². The van der Waals surface area contributed by atoms with E-state index in [0.29, 0.717) is 11.5 Å². The topological polar surface area (TPSA) is 54.0 Å². The summed E-state index contributed by atoms with van der Waals surface area (Å²) in [5.74, 6) is 0.500. The van der Waals surface area contributed by atoms with Gasteiger partial charge in [-0.05, 0) is 25.8 Å². The molecule has 0 atom stereocenters. The molecule has 4 nitrogen and oxygen atoms in total. The van der Waals surface area contributed by atoms with E-state index in [1.54, 1.807) is 6.20 Å². The molecule has 1 aromatic rings. The third kappa shape index (κ3) is 4.54. The fraction of sp³-hybridized carbons (Fsp3) is 0.600. The first kappa shape index (κ1) is 15.5. The highest BCUT2D eigenvalue weighted by Crippen LogP contribution is 2.16. The number of aromatic nitrogens is 1. The zero-order valence-electron chi connectivity index (χ0n) is 12.4. The first-order valence-electron chi connectivity index (χ1n) is 7.11. The van der Waals surface area contributed by atoms with Crippen molar-refractivity contribution in [2.24, 2.45) is 5.92 Å². The molecule has 0 saturated carbocycles. The molecule has 1 amide bonds. The summed E-state index contributed by atoms with van der Waals surface area (Å²) in [5.41, 5.74) is 2.39. The molecule has 1 heterocycles. The van der Waals surface area contributed by atoms with Crippen LogP contribution in [0.3, 0.4) is 0 Å². The van der Waals surface area contributed by atoms with Crippen LogP contribution in [0.4, 0.5) is 5.69 Å². The molecule has 0 unspecified atom stereocenters. The van der Waals surface area contributed by atoms with Gasteiger partial charge in [-0.15, -0.1) is 0 Å². The minimum absolute atomic E-state index is 0.0460. The van der Waals surface area contributed by atoms with Crippen molar-refractivity contribution in [3.05, 3.63) is 23.5 Å². The molecule has 0 saturated heterocycles. The zero-order chi connectivity index (χ0) is 14.3. The Bertz CT molecular complexity index is 414. The Balaban J connectivity index is 2.75. The van der Waals surface area contributed by atoms with Crippen molar-refractivity contribution >= 4 is 11.6 Å². The lowest BCUT2D eigenvalue weighted by Crippen LogP contribution is -2.29. The Morgan fingerprint density at radius 2 is 2.00 bits per heavy atom. The quantitative estimate of drug-likeness (QED) is 0.795. The number of nitrogens with zero attached hydrogens (tertiary/aromatic N) is 1. The second kappa shape index (κ2) is 7.77. The first-order valence-corrected chi connectivity index (χ1v) is 7.11. The van der Waals surface area contributed by atoms with Gasteiger partial charge in [0.2, 0.25) is 0 Å². The van der Waals surface area contributed by atoms with Crippen molar-refractivity contribution in [3.63, 3.8) is 0 Å². The number of anilines is 1. The SMILES string of the molecule is CCNc1cc(C)ncc1C(=O)NCC(CC)CC. The Kier molecular flexibility index (Phi) is 6.33. The Labute approximate surface area is 116 Å². The normalized spacial score (nSPS) is 10.6. The monoisotopic (exact) mass is 263 g/mol. The highest BCUT2D eigenvalue weighted by Gasteiger charge is 2.13. The predicted octanol–water partition coefficient (Wildman–Crippen LogP) is 2.99. The summed E-state index contributed by atoms with van der Waals surface area (Å²) >= 11 is 0. The van der Waals surface area contributed by atoms with Gasteiger partial charge in [-0.2, -0.15) is 0 Å². The van der Waals surface area contributed by atoms with Crippen LogP contribution in [0.5, 0.6) is 0 Å². The lowest BCUT2D eigenvalue weighted by molar-refractivity contribution is 0.0947. The molecule has 106 valence electrons. The molecule has 0 aliphatic heterocycles. The van der Waals surface area contributed by atoms with Gasteiger partial charge in [-0.3, -0.25) is 9.78 Å². The maximum atomic E-state index is 12.2. The third-order valence-electron chi connectivity index (χ3n) is 3.36. The molecule has 0 aliphatic rings. The number of amides is 1. The van der Waals surface area contributed by atoms with Crippen molar-refractivity contribution in [2.75, 3.05) is 18.4 Å². The summed E-state index contributed by atoms with van der Waals surface area (Å²) in [6.07, 6.45) is 3.82. The minimum Gasteiger partial charge on any atom is -0.385 e. The van der Waals surface area contributed by atoms with E-state index in [9.17, 15) is 4.79 Å². The molecular weight excluding hydrogens is 238 g/mol. The Morgan fingerprint density at radius 1 is 1.32 bits per heavy atom. The summed E-state index contributed by atoms with van der Waals surface area (Å²) < 4.78 is 0. The van der Waals surface area contributed by atoms with Crippen molar-refractivity contribution in [3.8, 4) is 0 Å². The molecule has 1 rings (SSSR count). The van der Waals surface area contributed by atoms with Crippen molar-refractivity contribution in [2.45, 2.75) is 40.5 Å². The number of hydrogen-bond acceptors (Lipinski definition) is 3. The molecule has 0 aromatic carbocycles. The van der Waals surface area contributed by atoms with Crippen LogP contribution in [0.15, 0.2) is 12.3 Å². The number of hydrogen-bond donors (Lipinski definition) is 2. The van der Waals surface area contributed by atoms with Crippen LogP contribution in [0.25, 0.3) is 0 Å². The summed E-state index contributed by atoms with van der Waals surface area (Å²) in [5, 5.41) is 6.21. The second-order valence-corrected chi connectivity index (χ2v) is 4.79. The number of nitrogens with one attached hydrogen (secondary N) is 2. The lowest BCUT2D eigenvalue weighted by atomic mass is 10.0. The highest BCUT2D eigenvalue weighted by molar-refractivity contribution is 5.99. The Hall–Kier alpha value is -1.58. The first-order chi connectivity index (χ1) is 9.12. The van der Waals surface area contributed by atoms with Crippen LogP contribution >= 0.6 is 0 Å². The van der Waals surface area contributed by atoms with Crippen LogP contribution < -0.4 is 10.6 Å². The van der Waals surface area contributed by atoms with Gasteiger partial charge in [0.05, 0.1) is 11.3 Å². The van der Waals surface area contributed by atoms with Crippen LogP contribution in [-0.2, 0) is 0 Å². The van der Waals surface area contributed by atoms with Gasteiger partial charge in [0.1, 0.15) is 0 Å². The fourth-order valence-electron chi connectivity index (χ4n) is 1.99. The van der Waals surface area contributed by atoms with Gasteiger partial charge in [0, 0.05) is 25.0 Å². The van der Waals surface area contributed by atoms with E-state index in [1.165, 1.54) is 0 Å². The molecule has 0 bridgehead atoms. The number of pyridine rings is 1. The Morgan fingerprint density at radius 3 is 2.58 bits per heavy atom. The minimum atomic E-state index is -0.0460. The molecule has 0 spiro atoms. The number of carbonyl (C=O) groups is 1. The molecule has 4 heteroatoms. The maximum absolute atomic E-state index is 12.2. The van der Waals surface area contributed by atoms with Gasteiger partial charge < -0.3 is 10.6 Å². The van der Waals surface area contributed by atoms with Gasteiger partial charge >= 0.3 is 0 Å². The van der Waals surface area contributed by atoms with Gasteiger partial charge in [0.25, 0.3) is 5.91 Å². The molecule has 0 radical (unpaired) electrons. The van der Waals surface area contributed by atoms with E-state index in [0.717, 1.165) is 37.3 Å². The molecule has 0 aliphatic carbocycles. The summed E-state index contributed by atoms with van der Waals surface area (Å²) in [4.78, 5) is 16.4. The van der Waals surface area contributed by atoms with E-state index in [2.05, 4.69) is 29.5 Å². The van der Waals surface area contributed by atoms with Gasteiger partial charge in [0.15, 0.2) is 0 Å². The molecule has 0 fully saturated rings. The van der Waals surface area contributed by atoms with E-state index in [-0.39, 0.29) is 5.91 Å². The number of rotatable bonds is 7. The van der Waals surface area contributed by atoms with E-state index >= 15 is 0 Å². The maximum Gasteiger partial charge on any atom is 0.254 e. The van der Waals surface area contributed by atoms with Crippen LogP contribution in [-0.4, -0.2) is 24.0 Å².